The molecule has 0 aliphatic carbocycles. The average molecular weight is 224 g/mol. The standard InChI is InChI=1S/C9H12N4O3/c10-6-3-5(1-2-7(6)14)9(16)8(15)4-12-13-11/h1-3,8-9,14-16H,4,10H2. The van der Waals surface area contributed by atoms with Crippen molar-refractivity contribution >= 4 is 5.69 Å². The molecule has 7 heteroatoms. The first-order chi connectivity index (χ1) is 7.56. The number of benzene rings is 1. The van der Waals surface area contributed by atoms with Crippen LogP contribution in [-0.4, -0.2) is 28.0 Å². The third-order valence-corrected chi connectivity index (χ3v) is 2.09. The summed E-state index contributed by atoms with van der Waals surface area (Å²) in [7, 11) is 0. The normalized spacial score (nSPS) is 13.9. The molecular weight excluding hydrogens is 212 g/mol. The molecule has 0 amide bonds. The van der Waals surface area contributed by atoms with Gasteiger partial charge in [-0.15, -0.1) is 0 Å². The molecular formula is C9H12N4O3. The molecule has 0 aromatic heterocycles. The second kappa shape index (κ2) is 5.22. The van der Waals surface area contributed by atoms with Crippen molar-refractivity contribution in [3.05, 3.63) is 34.2 Å². The first-order valence-corrected chi connectivity index (χ1v) is 4.51. The summed E-state index contributed by atoms with van der Waals surface area (Å²) in [6, 6.07) is 4.09. The number of hydrogen-bond donors (Lipinski definition) is 4. The molecule has 0 aliphatic rings. The Hall–Kier alpha value is -1.95. The van der Waals surface area contributed by atoms with Crippen molar-refractivity contribution in [2.45, 2.75) is 12.2 Å². The van der Waals surface area contributed by atoms with Gasteiger partial charge in [-0.05, 0) is 23.2 Å². The Balaban J connectivity index is 2.82. The van der Waals surface area contributed by atoms with E-state index in [9.17, 15) is 10.2 Å². The van der Waals surface area contributed by atoms with Crippen LogP contribution in [0.3, 0.4) is 0 Å². The molecule has 0 heterocycles. The van der Waals surface area contributed by atoms with Crippen molar-refractivity contribution in [2.75, 3.05) is 12.3 Å². The fourth-order valence-corrected chi connectivity index (χ4v) is 1.20. The molecule has 7 nitrogen and oxygen atoms in total. The van der Waals surface area contributed by atoms with Crippen LogP contribution in [0.15, 0.2) is 23.3 Å². The molecule has 0 fully saturated rings. The lowest BCUT2D eigenvalue weighted by molar-refractivity contribution is 0.0244. The van der Waals surface area contributed by atoms with Crippen LogP contribution in [0.5, 0.6) is 5.75 Å². The Labute approximate surface area is 91.4 Å². The van der Waals surface area contributed by atoms with Gasteiger partial charge in [0.1, 0.15) is 11.9 Å². The van der Waals surface area contributed by atoms with Crippen LogP contribution in [-0.2, 0) is 0 Å². The topological polar surface area (TPSA) is 135 Å². The number of anilines is 1. The highest BCUT2D eigenvalue weighted by Crippen LogP contribution is 2.25. The van der Waals surface area contributed by atoms with Gasteiger partial charge in [0.2, 0.25) is 0 Å². The predicted octanol–water partition coefficient (Wildman–Crippen LogP) is 0.679. The van der Waals surface area contributed by atoms with Gasteiger partial charge in [-0.3, -0.25) is 0 Å². The van der Waals surface area contributed by atoms with Gasteiger partial charge in [-0.25, -0.2) is 0 Å². The van der Waals surface area contributed by atoms with E-state index in [1.165, 1.54) is 18.2 Å². The molecule has 86 valence electrons. The minimum absolute atomic E-state index is 0.0968. The number of nitrogens with zero attached hydrogens (tertiary/aromatic N) is 3. The summed E-state index contributed by atoms with van der Waals surface area (Å²) in [4.78, 5) is 2.47. The number of hydrogen-bond acceptors (Lipinski definition) is 5. The number of nitrogens with two attached hydrogens (primary N) is 1. The zero-order valence-electron chi connectivity index (χ0n) is 8.35. The molecule has 0 bridgehead atoms. The van der Waals surface area contributed by atoms with Crippen LogP contribution in [0, 0.1) is 0 Å². The Morgan fingerprint density at radius 2 is 2.12 bits per heavy atom. The number of phenolic OH excluding ortho intramolecular Hbond substituents is 1. The maximum atomic E-state index is 9.66. The highest BCUT2D eigenvalue weighted by atomic mass is 16.3. The van der Waals surface area contributed by atoms with E-state index in [0.717, 1.165) is 0 Å². The van der Waals surface area contributed by atoms with E-state index in [0.29, 0.717) is 5.56 Å². The number of azide groups is 1. The van der Waals surface area contributed by atoms with Crippen molar-refractivity contribution < 1.29 is 15.3 Å². The number of nitrogen functional groups attached to an aromatic ring is 1. The van der Waals surface area contributed by atoms with Crippen LogP contribution in [0.4, 0.5) is 5.69 Å². The Bertz CT molecular complexity index is 417. The predicted molar refractivity (Wildman–Crippen MR) is 57.5 cm³/mol. The van der Waals surface area contributed by atoms with E-state index in [-0.39, 0.29) is 18.0 Å². The van der Waals surface area contributed by atoms with Crippen LogP contribution in [0.1, 0.15) is 11.7 Å². The Kier molecular flexibility index (Phi) is 3.96. The van der Waals surface area contributed by atoms with Gasteiger partial charge in [-0.1, -0.05) is 11.2 Å². The highest BCUT2D eigenvalue weighted by Gasteiger charge is 2.18. The molecule has 0 radical (unpaired) electrons. The fraction of sp³-hybridized carbons (Fsp3) is 0.333. The summed E-state index contributed by atoms with van der Waals surface area (Å²) in [5.41, 5.74) is 13.9. The largest absolute Gasteiger partial charge is 0.506 e. The van der Waals surface area contributed by atoms with E-state index in [1.807, 2.05) is 0 Å². The average Bonchev–Trinajstić information content (AvgIpc) is 2.28. The number of phenols is 1. The second-order valence-electron chi connectivity index (χ2n) is 3.24. The fourth-order valence-electron chi connectivity index (χ4n) is 1.20. The molecule has 0 saturated heterocycles. The maximum absolute atomic E-state index is 9.66. The summed E-state index contributed by atoms with van der Waals surface area (Å²) in [5, 5.41) is 31.4. The molecule has 16 heavy (non-hydrogen) atoms. The van der Waals surface area contributed by atoms with E-state index < -0.39 is 12.2 Å². The van der Waals surface area contributed by atoms with E-state index in [4.69, 9.17) is 16.4 Å². The first-order valence-electron chi connectivity index (χ1n) is 4.51. The van der Waals surface area contributed by atoms with Gasteiger partial charge in [-0.2, -0.15) is 0 Å². The lowest BCUT2D eigenvalue weighted by atomic mass is 10.0. The van der Waals surface area contributed by atoms with Gasteiger partial charge >= 0.3 is 0 Å². The molecule has 5 N–H and O–H groups in total. The van der Waals surface area contributed by atoms with E-state index in [2.05, 4.69) is 10.0 Å². The van der Waals surface area contributed by atoms with Gasteiger partial charge < -0.3 is 21.1 Å². The molecule has 2 atom stereocenters. The van der Waals surface area contributed by atoms with Gasteiger partial charge in [0.05, 0.1) is 18.3 Å². The minimum Gasteiger partial charge on any atom is -0.506 e. The van der Waals surface area contributed by atoms with Crippen LogP contribution < -0.4 is 5.73 Å². The summed E-state index contributed by atoms with van der Waals surface area (Å²) < 4.78 is 0. The maximum Gasteiger partial charge on any atom is 0.138 e. The first kappa shape index (κ1) is 12.1. The molecule has 1 rings (SSSR count). The highest BCUT2D eigenvalue weighted by molar-refractivity contribution is 5.53. The number of aliphatic hydroxyl groups is 2. The molecule has 0 aliphatic heterocycles. The lowest BCUT2D eigenvalue weighted by Crippen LogP contribution is -2.21. The second-order valence-corrected chi connectivity index (χ2v) is 3.24. The van der Waals surface area contributed by atoms with Gasteiger partial charge in [0, 0.05) is 4.91 Å². The third-order valence-electron chi connectivity index (χ3n) is 2.09. The van der Waals surface area contributed by atoms with E-state index >= 15 is 0 Å². The van der Waals surface area contributed by atoms with Crippen molar-refractivity contribution in [3.63, 3.8) is 0 Å². The van der Waals surface area contributed by atoms with Crippen molar-refractivity contribution in [3.8, 4) is 5.75 Å². The molecule has 1 aromatic carbocycles. The minimum atomic E-state index is -1.21. The van der Waals surface area contributed by atoms with Gasteiger partial charge in [0.25, 0.3) is 0 Å². The summed E-state index contributed by atoms with van der Waals surface area (Å²) in [6.45, 7) is -0.238. The molecule has 0 saturated carbocycles. The molecule has 0 spiro atoms. The number of rotatable bonds is 4. The summed E-state index contributed by atoms with van der Waals surface area (Å²) in [5.74, 6) is -0.0968. The smallest absolute Gasteiger partial charge is 0.138 e. The number of aliphatic hydroxyl groups excluding tert-OH is 2. The third kappa shape index (κ3) is 2.77. The van der Waals surface area contributed by atoms with Crippen LogP contribution in [0.25, 0.3) is 10.4 Å². The van der Waals surface area contributed by atoms with Gasteiger partial charge in [0.15, 0.2) is 0 Å². The quantitative estimate of drug-likeness (QED) is 0.196. The van der Waals surface area contributed by atoms with Crippen molar-refractivity contribution in [2.24, 2.45) is 5.11 Å². The zero-order chi connectivity index (χ0) is 12.1. The number of aromatic hydroxyl groups is 1. The van der Waals surface area contributed by atoms with Crippen LogP contribution >= 0.6 is 0 Å². The molecule has 2 unspecified atom stereocenters. The zero-order valence-corrected chi connectivity index (χ0v) is 8.35. The Morgan fingerprint density at radius 1 is 1.44 bits per heavy atom. The monoisotopic (exact) mass is 224 g/mol. The summed E-state index contributed by atoms with van der Waals surface area (Å²) >= 11 is 0. The Morgan fingerprint density at radius 3 is 2.69 bits per heavy atom. The van der Waals surface area contributed by atoms with E-state index in [1.54, 1.807) is 0 Å². The van der Waals surface area contributed by atoms with Crippen LogP contribution in [0.2, 0.25) is 0 Å². The van der Waals surface area contributed by atoms with Crippen molar-refractivity contribution in [1.82, 2.24) is 0 Å². The lowest BCUT2D eigenvalue weighted by Gasteiger charge is -2.16. The summed E-state index contributed by atoms with van der Waals surface area (Å²) in [6.07, 6.45) is -2.42. The molecule has 1 aromatic rings. The van der Waals surface area contributed by atoms with Crippen molar-refractivity contribution in [1.29, 1.82) is 0 Å². The SMILES string of the molecule is [N-]=[N+]=NCC(O)C(O)c1ccc(O)c(N)c1.